The Balaban J connectivity index is 1.27. The summed E-state index contributed by atoms with van der Waals surface area (Å²) in [7, 11) is 0. The Morgan fingerprint density at radius 3 is 2.72 bits per heavy atom. The Bertz CT molecular complexity index is 1490. The molecule has 1 unspecified atom stereocenters. The fourth-order valence-corrected chi connectivity index (χ4v) is 5.51. The minimum absolute atomic E-state index is 0.134. The molecule has 0 amide bonds. The van der Waals surface area contributed by atoms with Crippen molar-refractivity contribution < 1.29 is 28.2 Å². The molecule has 6 rings (SSSR count). The largest absolute Gasteiger partial charge is 0.493 e. The molecule has 1 atom stereocenters. The summed E-state index contributed by atoms with van der Waals surface area (Å²) >= 11 is 0. The second-order valence-corrected chi connectivity index (χ2v) is 9.81. The van der Waals surface area contributed by atoms with E-state index >= 15 is 0 Å². The molecule has 0 N–H and O–H groups in total. The SMILES string of the molecule is CCOC(=O)CC1CCc2c1ccc(OCCc1nc(-c3ccccc3)oc1C)c2-c1ccc2c(c1)OCO2. The van der Waals surface area contributed by atoms with Gasteiger partial charge in [-0.1, -0.05) is 30.3 Å². The van der Waals surface area contributed by atoms with Gasteiger partial charge in [0.1, 0.15) is 11.5 Å². The van der Waals surface area contributed by atoms with Gasteiger partial charge in [0.25, 0.3) is 0 Å². The third-order valence-electron chi connectivity index (χ3n) is 7.38. The van der Waals surface area contributed by atoms with Crippen molar-refractivity contribution in [1.29, 1.82) is 0 Å². The van der Waals surface area contributed by atoms with E-state index in [-0.39, 0.29) is 18.7 Å². The second kappa shape index (κ2) is 10.8. The van der Waals surface area contributed by atoms with Crippen LogP contribution in [0.25, 0.3) is 22.6 Å². The van der Waals surface area contributed by atoms with Gasteiger partial charge in [0.05, 0.1) is 25.3 Å². The first-order chi connectivity index (χ1) is 19.1. The molecule has 39 heavy (non-hydrogen) atoms. The zero-order valence-corrected chi connectivity index (χ0v) is 22.2. The van der Waals surface area contributed by atoms with Gasteiger partial charge in [-0.05, 0) is 79.6 Å². The molecule has 0 fully saturated rings. The van der Waals surface area contributed by atoms with Gasteiger partial charge in [-0.3, -0.25) is 4.79 Å². The van der Waals surface area contributed by atoms with E-state index in [2.05, 4.69) is 6.07 Å². The van der Waals surface area contributed by atoms with Crippen molar-refractivity contribution in [2.75, 3.05) is 20.0 Å². The van der Waals surface area contributed by atoms with E-state index in [1.807, 2.05) is 68.4 Å². The van der Waals surface area contributed by atoms with Gasteiger partial charge in [-0.25, -0.2) is 4.98 Å². The number of nitrogens with zero attached hydrogens (tertiary/aromatic N) is 1. The predicted molar refractivity (Wildman–Crippen MR) is 146 cm³/mol. The van der Waals surface area contributed by atoms with Crippen molar-refractivity contribution >= 4 is 5.97 Å². The number of hydrogen-bond acceptors (Lipinski definition) is 7. The Hall–Kier alpha value is -4.26. The van der Waals surface area contributed by atoms with E-state index in [9.17, 15) is 4.79 Å². The summed E-state index contributed by atoms with van der Waals surface area (Å²) in [6.07, 6.45) is 2.76. The van der Waals surface area contributed by atoms with Crippen LogP contribution >= 0.6 is 0 Å². The molecule has 200 valence electrons. The average Bonchev–Trinajstić information content (AvgIpc) is 3.68. The molecule has 3 aromatic carbocycles. The number of carbonyl (C=O) groups excluding carboxylic acids is 1. The lowest BCUT2D eigenvalue weighted by Crippen LogP contribution is -2.09. The van der Waals surface area contributed by atoms with Crippen LogP contribution in [0.2, 0.25) is 0 Å². The number of carbonyl (C=O) groups is 1. The van der Waals surface area contributed by atoms with Gasteiger partial charge >= 0.3 is 5.97 Å². The van der Waals surface area contributed by atoms with Gasteiger partial charge in [0, 0.05) is 17.5 Å². The maximum Gasteiger partial charge on any atom is 0.306 e. The maximum atomic E-state index is 12.3. The molecule has 0 saturated heterocycles. The van der Waals surface area contributed by atoms with Crippen molar-refractivity contribution in [3.05, 3.63) is 83.2 Å². The number of oxazole rings is 1. The highest BCUT2D eigenvalue weighted by Crippen LogP contribution is 2.47. The highest BCUT2D eigenvalue weighted by Gasteiger charge is 2.30. The molecule has 0 saturated carbocycles. The molecular weight excluding hydrogens is 494 g/mol. The number of rotatable bonds is 9. The Labute approximate surface area is 227 Å². The molecule has 0 spiro atoms. The van der Waals surface area contributed by atoms with Crippen LogP contribution in [-0.4, -0.2) is 31.0 Å². The monoisotopic (exact) mass is 525 g/mol. The van der Waals surface area contributed by atoms with E-state index in [4.69, 9.17) is 28.3 Å². The van der Waals surface area contributed by atoms with Crippen molar-refractivity contribution in [1.82, 2.24) is 4.98 Å². The van der Waals surface area contributed by atoms with Crippen molar-refractivity contribution in [3.63, 3.8) is 0 Å². The van der Waals surface area contributed by atoms with E-state index in [1.165, 1.54) is 11.1 Å². The molecule has 2 heterocycles. The fraction of sp³-hybridized carbons (Fsp3) is 0.312. The molecule has 2 aliphatic rings. The first-order valence-corrected chi connectivity index (χ1v) is 13.5. The van der Waals surface area contributed by atoms with E-state index < -0.39 is 0 Å². The van der Waals surface area contributed by atoms with Crippen LogP contribution in [0.4, 0.5) is 0 Å². The number of aryl methyl sites for hydroxylation is 1. The molecule has 0 bridgehead atoms. The molecule has 1 aromatic heterocycles. The summed E-state index contributed by atoms with van der Waals surface area (Å²) in [6.45, 7) is 4.84. The third kappa shape index (κ3) is 5.09. The third-order valence-corrected chi connectivity index (χ3v) is 7.38. The first kappa shape index (κ1) is 25.0. The van der Waals surface area contributed by atoms with Gasteiger partial charge in [-0.15, -0.1) is 0 Å². The van der Waals surface area contributed by atoms with Crippen molar-refractivity contribution in [3.8, 4) is 39.8 Å². The van der Waals surface area contributed by atoms with Gasteiger partial charge in [0.2, 0.25) is 12.7 Å². The minimum Gasteiger partial charge on any atom is -0.493 e. The smallest absolute Gasteiger partial charge is 0.306 e. The van der Waals surface area contributed by atoms with Crippen LogP contribution in [-0.2, 0) is 22.4 Å². The number of benzene rings is 3. The molecule has 0 radical (unpaired) electrons. The summed E-state index contributed by atoms with van der Waals surface area (Å²) in [5.74, 6) is 3.66. The lowest BCUT2D eigenvalue weighted by molar-refractivity contribution is -0.143. The zero-order valence-electron chi connectivity index (χ0n) is 22.2. The second-order valence-electron chi connectivity index (χ2n) is 9.81. The molecule has 1 aliphatic heterocycles. The van der Waals surface area contributed by atoms with Crippen LogP contribution in [0, 0.1) is 6.92 Å². The molecule has 1 aliphatic carbocycles. The average molecular weight is 526 g/mol. The molecule has 4 aromatic rings. The van der Waals surface area contributed by atoms with E-state index in [0.717, 1.165) is 58.2 Å². The van der Waals surface area contributed by atoms with Crippen LogP contribution < -0.4 is 14.2 Å². The van der Waals surface area contributed by atoms with Crippen molar-refractivity contribution in [2.24, 2.45) is 0 Å². The van der Waals surface area contributed by atoms with Crippen LogP contribution in [0.15, 0.2) is 65.1 Å². The minimum atomic E-state index is -0.154. The van der Waals surface area contributed by atoms with Crippen LogP contribution in [0.5, 0.6) is 17.2 Å². The number of ether oxygens (including phenoxy) is 4. The van der Waals surface area contributed by atoms with Crippen LogP contribution in [0.3, 0.4) is 0 Å². The normalized spacial score (nSPS) is 15.3. The number of hydrogen-bond donors (Lipinski definition) is 0. The van der Waals surface area contributed by atoms with Crippen LogP contribution in [0.1, 0.15) is 48.3 Å². The lowest BCUT2D eigenvalue weighted by Gasteiger charge is -2.18. The van der Waals surface area contributed by atoms with Gasteiger partial charge in [-0.2, -0.15) is 0 Å². The van der Waals surface area contributed by atoms with E-state index in [0.29, 0.717) is 31.9 Å². The zero-order chi connectivity index (χ0) is 26.8. The summed E-state index contributed by atoms with van der Waals surface area (Å²) < 4.78 is 28.8. The highest BCUT2D eigenvalue weighted by atomic mass is 16.7. The highest BCUT2D eigenvalue weighted by molar-refractivity contribution is 5.79. The predicted octanol–water partition coefficient (Wildman–Crippen LogP) is 6.65. The number of esters is 1. The Morgan fingerprint density at radius 1 is 1.03 bits per heavy atom. The number of fused-ring (bicyclic) bond motifs is 2. The maximum absolute atomic E-state index is 12.3. The summed E-state index contributed by atoms with van der Waals surface area (Å²) in [5, 5.41) is 0. The summed E-state index contributed by atoms with van der Waals surface area (Å²) in [5.41, 5.74) is 6.28. The number of aromatic nitrogens is 1. The first-order valence-electron chi connectivity index (χ1n) is 13.5. The van der Waals surface area contributed by atoms with Crippen molar-refractivity contribution in [2.45, 2.75) is 45.4 Å². The Kier molecular flexibility index (Phi) is 6.97. The van der Waals surface area contributed by atoms with Gasteiger partial charge < -0.3 is 23.4 Å². The van der Waals surface area contributed by atoms with Gasteiger partial charge in [0.15, 0.2) is 11.5 Å². The fourth-order valence-electron chi connectivity index (χ4n) is 5.51. The topological polar surface area (TPSA) is 80.0 Å². The van der Waals surface area contributed by atoms with E-state index in [1.54, 1.807) is 0 Å². The molecular formula is C32H31NO6. The summed E-state index contributed by atoms with van der Waals surface area (Å²) in [4.78, 5) is 17.0. The lowest BCUT2D eigenvalue weighted by atomic mass is 9.92. The quantitative estimate of drug-likeness (QED) is 0.226. The molecule has 7 heteroatoms. The molecule has 7 nitrogen and oxygen atoms in total. The summed E-state index contributed by atoms with van der Waals surface area (Å²) in [6, 6.07) is 20.0. The standard InChI is InChI=1S/C32H31NO6/c1-3-35-30(34)18-22-9-11-25-24(22)12-14-28(31(25)23-10-13-27-29(17-23)38-19-37-27)36-16-15-26-20(2)39-32(33-26)21-7-5-4-6-8-21/h4-8,10,12-14,17,22H,3,9,11,15-16,18-19H2,1-2H3. The Morgan fingerprint density at radius 2 is 1.87 bits per heavy atom.